The highest BCUT2D eigenvalue weighted by Crippen LogP contribution is 2.25. The Morgan fingerprint density at radius 1 is 1.03 bits per heavy atom. The Balaban J connectivity index is 1.48. The van der Waals surface area contributed by atoms with Crippen molar-refractivity contribution in [3.63, 3.8) is 0 Å². The van der Waals surface area contributed by atoms with E-state index in [1.54, 1.807) is 18.2 Å². The number of nitrogens with zero attached hydrogens (tertiary/aromatic N) is 1. The molecule has 0 unspecified atom stereocenters. The number of hydrazine groups is 1. The number of carbonyl (C=O) groups excluding carboxylic acids is 4. The third kappa shape index (κ3) is 6.10. The number of ether oxygens (including phenoxy) is 1. The second kappa shape index (κ2) is 10.00. The summed E-state index contributed by atoms with van der Waals surface area (Å²) < 4.78 is 5.00. The summed E-state index contributed by atoms with van der Waals surface area (Å²) in [5.74, 6) is -3.10. The van der Waals surface area contributed by atoms with E-state index in [0.717, 1.165) is 5.01 Å². The highest BCUT2D eigenvalue weighted by molar-refractivity contribution is 6.36. The fourth-order valence-corrected chi connectivity index (χ4v) is 3.38. The number of rotatable bonds is 6. The van der Waals surface area contributed by atoms with E-state index in [9.17, 15) is 19.2 Å². The molecular weight excluding hydrogens is 469 g/mol. The van der Waals surface area contributed by atoms with E-state index < -0.39 is 36.2 Å². The van der Waals surface area contributed by atoms with Gasteiger partial charge in [-0.1, -0.05) is 34.8 Å². The smallest absolute Gasteiger partial charge is 0.311 e. The number of carbonyl (C=O) groups is 4. The van der Waals surface area contributed by atoms with Gasteiger partial charge in [0.2, 0.25) is 5.91 Å². The molecule has 0 aromatic heterocycles. The lowest BCUT2D eigenvalue weighted by atomic mass is 10.1. The first kappa shape index (κ1) is 22.9. The first-order valence-electron chi connectivity index (χ1n) is 9.01. The van der Waals surface area contributed by atoms with E-state index in [4.69, 9.17) is 39.5 Å². The Labute approximate surface area is 192 Å². The minimum Gasteiger partial charge on any atom is -0.455 e. The van der Waals surface area contributed by atoms with Gasteiger partial charge in [0.25, 0.3) is 11.8 Å². The van der Waals surface area contributed by atoms with Crippen LogP contribution in [0.4, 0.5) is 5.69 Å². The molecule has 162 valence electrons. The number of hydrogen-bond donors (Lipinski definition) is 2. The van der Waals surface area contributed by atoms with Gasteiger partial charge < -0.3 is 10.1 Å². The summed E-state index contributed by atoms with van der Waals surface area (Å²) >= 11 is 17.6. The van der Waals surface area contributed by atoms with Crippen molar-refractivity contribution in [1.29, 1.82) is 0 Å². The first-order valence-corrected chi connectivity index (χ1v) is 10.1. The second-order valence-electron chi connectivity index (χ2n) is 6.63. The molecule has 3 amide bonds. The van der Waals surface area contributed by atoms with Crippen molar-refractivity contribution in [2.24, 2.45) is 5.92 Å². The molecular formula is C20H16Cl3N3O5. The fraction of sp³-hybridized carbons (Fsp3) is 0.200. The number of anilines is 1. The highest BCUT2D eigenvalue weighted by Gasteiger charge is 2.36. The summed E-state index contributed by atoms with van der Waals surface area (Å²) in [6.07, 6.45) is -0.148. The molecule has 1 aliphatic heterocycles. The Kier molecular flexibility index (Phi) is 7.37. The molecule has 8 nitrogen and oxygen atoms in total. The molecule has 2 aromatic rings. The minimum absolute atomic E-state index is 0.0678. The molecule has 1 atom stereocenters. The van der Waals surface area contributed by atoms with Crippen molar-refractivity contribution in [1.82, 2.24) is 10.4 Å². The molecule has 2 aromatic carbocycles. The van der Waals surface area contributed by atoms with Gasteiger partial charge in [0.15, 0.2) is 6.61 Å². The standard InChI is InChI=1S/C20H16Cl3N3O5/c21-13-3-1-11(2-4-13)19(29)25-26-9-12(7-18(26)28)20(30)31-10-17(27)24-16-6-5-14(22)8-15(16)23/h1-6,8,12H,7,9-10H2,(H,24,27)(H,25,29)/t12-/m1/s1. The van der Waals surface area contributed by atoms with E-state index in [0.29, 0.717) is 21.3 Å². The molecule has 0 radical (unpaired) electrons. The molecule has 1 aliphatic rings. The lowest BCUT2D eigenvalue weighted by Crippen LogP contribution is -2.43. The molecule has 31 heavy (non-hydrogen) atoms. The van der Waals surface area contributed by atoms with E-state index in [-0.39, 0.29) is 18.0 Å². The van der Waals surface area contributed by atoms with E-state index in [1.807, 2.05) is 0 Å². The van der Waals surface area contributed by atoms with Crippen LogP contribution in [-0.4, -0.2) is 41.9 Å². The number of nitrogens with one attached hydrogen (secondary N) is 2. The lowest BCUT2D eigenvalue weighted by molar-refractivity contribution is -0.151. The van der Waals surface area contributed by atoms with Crippen molar-refractivity contribution in [3.05, 3.63) is 63.1 Å². The van der Waals surface area contributed by atoms with E-state index in [2.05, 4.69) is 10.7 Å². The molecule has 0 spiro atoms. The van der Waals surface area contributed by atoms with Gasteiger partial charge in [0.1, 0.15) is 0 Å². The number of halogens is 3. The van der Waals surface area contributed by atoms with Crippen LogP contribution in [0, 0.1) is 5.92 Å². The molecule has 0 bridgehead atoms. The van der Waals surface area contributed by atoms with E-state index >= 15 is 0 Å². The van der Waals surface area contributed by atoms with Crippen molar-refractivity contribution < 1.29 is 23.9 Å². The number of amides is 3. The van der Waals surface area contributed by atoms with E-state index in [1.165, 1.54) is 24.3 Å². The van der Waals surface area contributed by atoms with Gasteiger partial charge in [-0.2, -0.15) is 0 Å². The summed E-state index contributed by atoms with van der Waals surface area (Å²) in [5, 5.41) is 4.67. The molecule has 1 heterocycles. The predicted molar refractivity (Wildman–Crippen MR) is 115 cm³/mol. The summed E-state index contributed by atoms with van der Waals surface area (Å²) in [4.78, 5) is 48.6. The van der Waals surface area contributed by atoms with Gasteiger partial charge in [-0.3, -0.25) is 29.6 Å². The normalized spacial score (nSPS) is 15.5. The largest absolute Gasteiger partial charge is 0.455 e. The Bertz CT molecular complexity index is 1030. The van der Waals surface area contributed by atoms with Crippen molar-refractivity contribution >= 4 is 64.2 Å². The topological polar surface area (TPSA) is 105 Å². The van der Waals surface area contributed by atoms with Gasteiger partial charge in [0.05, 0.1) is 23.2 Å². The number of benzene rings is 2. The van der Waals surface area contributed by atoms with Gasteiger partial charge in [-0.25, -0.2) is 0 Å². The van der Waals surface area contributed by atoms with Crippen LogP contribution < -0.4 is 10.7 Å². The van der Waals surface area contributed by atoms with Crippen LogP contribution in [0.15, 0.2) is 42.5 Å². The van der Waals surface area contributed by atoms with Crippen LogP contribution in [-0.2, 0) is 19.1 Å². The van der Waals surface area contributed by atoms with Crippen LogP contribution in [0.2, 0.25) is 15.1 Å². The van der Waals surface area contributed by atoms with Gasteiger partial charge in [-0.05, 0) is 42.5 Å². The molecule has 1 saturated heterocycles. The molecule has 11 heteroatoms. The highest BCUT2D eigenvalue weighted by atomic mass is 35.5. The monoisotopic (exact) mass is 483 g/mol. The zero-order valence-electron chi connectivity index (χ0n) is 15.9. The molecule has 3 rings (SSSR count). The summed E-state index contributed by atoms with van der Waals surface area (Å²) in [5.41, 5.74) is 3.07. The average molecular weight is 485 g/mol. The maximum atomic E-state index is 12.2. The molecule has 2 N–H and O–H groups in total. The summed E-state index contributed by atoms with van der Waals surface area (Å²) in [7, 11) is 0. The molecule has 0 aliphatic carbocycles. The Hall–Kier alpha value is -2.81. The molecule has 1 fully saturated rings. The van der Waals surface area contributed by atoms with Crippen LogP contribution in [0.25, 0.3) is 0 Å². The third-order valence-electron chi connectivity index (χ3n) is 4.35. The van der Waals surface area contributed by atoms with Crippen LogP contribution in [0.5, 0.6) is 0 Å². The Morgan fingerprint density at radius 2 is 1.71 bits per heavy atom. The van der Waals surface area contributed by atoms with Gasteiger partial charge in [-0.15, -0.1) is 0 Å². The average Bonchev–Trinajstić information content (AvgIpc) is 3.09. The van der Waals surface area contributed by atoms with Crippen molar-refractivity contribution in [2.75, 3.05) is 18.5 Å². The first-order chi connectivity index (χ1) is 14.7. The maximum absolute atomic E-state index is 12.2. The quantitative estimate of drug-likeness (QED) is 0.612. The number of hydrogen-bond acceptors (Lipinski definition) is 5. The maximum Gasteiger partial charge on any atom is 0.311 e. The fourth-order valence-electron chi connectivity index (χ4n) is 2.79. The number of esters is 1. The minimum atomic E-state index is -0.815. The van der Waals surface area contributed by atoms with Crippen molar-refractivity contribution in [2.45, 2.75) is 6.42 Å². The van der Waals surface area contributed by atoms with Crippen molar-refractivity contribution in [3.8, 4) is 0 Å². The van der Waals surface area contributed by atoms with Crippen LogP contribution in [0.1, 0.15) is 16.8 Å². The SMILES string of the molecule is O=C(COC(=O)[C@@H]1CC(=O)N(NC(=O)c2ccc(Cl)cc2)C1)Nc1ccc(Cl)cc1Cl. The zero-order valence-corrected chi connectivity index (χ0v) is 18.1. The Morgan fingerprint density at radius 3 is 2.39 bits per heavy atom. The van der Waals surface area contributed by atoms with Gasteiger partial charge in [0, 0.05) is 22.0 Å². The zero-order chi connectivity index (χ0) is 22.5. The summed E-state index contributed by atoms with van der Waals surface area (Å²) in [6, 6.07) is 10.6. The second-order valence-corrected chi connectivity index (χ2v) is 7.91. The third-order valence-corrected chi connectivity index (χ3v) is 5.15. The van der Waals surface area contributed by atoms with Crippen LogP contribution >= 0.6 is 34.8 Å². The predicted octanol–water partition coefficient (Wildman–Crippen LogP) is 3.32. The molecule has 0 saturated carbocycles. The van der Waals surface area contributed by atoms with Gasteiger partial charge >= 0.3 is 5.97 Å². The van der Waals surface area contributed by atoms with Crippen LogP contribution in [0.3, 0.4) is 0 Å². The summed E-state index contributed by atoms with van der Waals surface area (Å²) in [6.45, 7) is -0.624. The lowest BCUT2D eigenvalue weighted by Gasteiger charge is -2.17.